The van der Waals surface area contributed by atoms with Crippen molar-refractivity contribution in [2.75, 3.05) is 7.05 Å². The average Bonchev–Trinajstić information content (AvgIpc) is 2.83. The molecule has 1 heterocycles. The summed E-state index contributed by atoms with van der Waals surface area (Å²) in [5.74, 6) is -1.27. The summed E-state index contributed by atoms with van der Waals surface area (Å²) in [6.45, 7) is 0.421. The van der Waals surface area contributed by atoms with Crippen LogP contribution in [0.15, 0.2) is 36.7 Å². The highest BCUT2D eigenvalue weighted by Crippen LogP contribution is 2.10. The lowest BCUT2D eigenvalue weighted by Crippen LogP contribution is -2.26. The summed E-state index contributed by atoms with van der Waals surface area (Å²) in [6.07, 6.45) is 3.52. The van der Waals surface area contributed by atoms with Gasteiger partial charge in [-0.1, -0.05) is 6.07 Å². The number of rotatable bonds is 4. The number of carbonyl (C=O) groups excluding carboxylic acids is 1. The van der Waals surface area contributed by atoms with E-state index < -0.39 is 5.97 Å². The second-order valence-corrected chi connectivity index (χ2v) is 4.57. The molecule has 0 aliphatic rings. The molecule has 0 radical (unpaired) electrons. The molecular weight excluding hydrogens is 258 g/mol. The molecule has 1 aromatic heterocycles. The van der Waals surface area contributed by atoms with Crippen LogP contribution >= 0.6 is 0 Å². The summed E-state index contributed by atoms with van der Waals surface area (Å²) in [5, 5.41) is 13.0. The Morgan fingerprint density at radius 2 is 2.05 bits per heavy atom. The van der Waals surface area contributed by atoms with Gasteiger partial charge < -0.3 is 10.0 Å². The van der Waals surface area contributed by atoms with Gasteiger partial charge in [0.15, 0.2) is 0 Å². The minimum atomic E-state index is -1.05. The molecule has 1 amide bonds. The maximum absolute atomic E-state index is 12.2. The zero-order valence-electron chi connectivity index (χ0n) is 11.3. The van der Waals surface area contributed by atoms with E-state index in [-0.39, 0.29) is 11.5 Å². The third-order valence-corrected chi connectivity index (χ3v) is 2.88. The molecular formula is C14H15N3O3. The molecule has 2 rings (SSSR count). The molecule has 0 aliphatic carbocycles. The van der Waals surface area contributed by atoms with E-state index in [1.165, 1.54) is 17.0 Å². The van der Waals surface area contributed by atoms with Crippen LogP contribution in [0.1, 0.15) is 26.3 Å². The Balaban J connectivity index is 2.14. The van der Waals surface area contributed by atoms with Gasteiger partial charge in [-0.2, -0.15) is 5.10 Å². The SMILES string of the molecule is CN(Cc1cnn(C)c1)C(=O)c1cccc(C(=O)O)c1. The van der Waals surface area contributed by atoms with Gasteiger partial charge in [-0.05, 0) is 18.2 Å². The highest BCUT2D eigenvalue weighted by Gasteiger charge is 2.14. The van der Waals surface area contributed by atoms with Crippen LogP contribution in [0.4, 0.5) is 0 Å². The van der Waals surface area contributed by atoms with E-state index in [1.54, 1.807) is 30.1 Å². The van der Waals surface area contributed by atoms with Gasteiger partial charge in [0.25, 0.3) is 5.91 Å². The second-order valence-electron chi connectivity index (χ2n) is 4.57. The standard InChI is InChI=1S/C14H15N3O3/c1-16(8-10-7-15-17(2)9-10)13(18)11-4-3-5-12(6-11)14(19)20/h3-7,9H,8H2,1-2H3,(H,19,20). The molecule has 1 aromatic carbocycles. The Hall–Kier alpha value is -2.63. The number of nitrogens with zero attached hydrogens (tertiary/aromatic N) is 3. The van der Waals surface area contributed by atoms with Crippen LogP contribution in [0.25, 0.3) is 0 Å². The predicted molar refractivity (Wildman–Crippen MR) is 72.4 cm³/mol. The summed E-state index contributed by atoms with van der Waals surface area (Å²) in [6, 6.07) is 6.01. The molecule has 0 fully saturated rings. The fourth-order valence-electron chi connectivity index (χ4n) is 1.90. The lowest BCUT2D eigenvalue weighted by Gasteiger charge is -2.16. The summed E-state index contributed by atoms with van der Waals surface area (Å²) < 4.78 is 1.67. The van der Waals surface area contributed by atoms with Gasteiger partial charge in [-0.3, -0.25) is 9.48 Å². The number of benzene rings is 1. The van der Waals surface area contributed by atoms with Gasteiger partial charge in [-0.25, -0.2) is 4.79 Å². The van der Waals surface area contributed by atoms with E-state index in [1.807, 2.05) is 13.2 Å². The second kappa shape index (κ2) is 5.56. The number of amides is 1. The fourth-order valence-corrected chi connectivity index (χ4v) is 1.90. The number of aryl methyl sites for hydroxylation is 1. The minimum absolute atomic E-state index is 0.102. The van der Waals surface area contributed by atoms with Crippen molar-refractivity contribution in [3.63, 3.8) is 0 Å². The lowest BCUT2D eigenvalue weighted by molar-refractivity contribution is 0.0697. The van der Waals surface area contributed by atoms with E-state index in [4.69, 9.17) is 5.11 Å². The summed E-state index contributed by atoms with van der Waals surface area (Å²) in [4.78, 5) is 24.7. The fraction of sp³-hybridized carbons (Fsp3) is 0.214. The van der Waals surface area contributed by atoms with E-state index in [0.29, 0.717) is 12.1 Å². The smallest absolute Gasteiger partial charge is 0.335 e. The maximum Gasteiger partial charge on any atom is 0.335 e. The van der Waals surface area contributed by atoms with Gasteiger partial charge in [-0.15, -0.1) is 0 Å². The normalized spacial score (nSPS) is 10.3. The van der Waals surface area contributed by atoms with Crippen LogP contribution in [0.5, 0.6) is 0 Å². The number of carbonyl (C=O) groups is 2. The third-order valence-electron chi connectivity index (χ3n) is 2.88. The molecule has 0 unspecified atom stereocenters. The summed E-state index contributed by atoms with van der Waals surface area (Å²) in [5.41, 5.74) is 1.37. The van der Waals surface area contributed by atoms with Gasteiger partial charge in [0, 0.05) is 38.0 Å². The summed E-state index contributed by atoms with van der Waals surface area (Å²) in [7, 11) is 3.48. The molecule has 0 bridgehead atoms. The first kappa shape index (κ1) is 13.8. The Morgan fingerprint density at radius 1 is 1.35 bits per heavy atom. The largest absolute Gasteiger partial charge is 0.478 e. The molecule has 0 saturated heterocycles. The van der Waals surface area contributed by atoms with Crippen molar-refractivity contribution in [3.05, 3.63) is 53.3 Å². The number of hydrogen-bond donors (Lipinski definition) is 1. The van der Waals surface area contributed by atoms with Crippen LogP contribution in [0.3, 0.4) is 0 Å². The highest BCUT2D eigenvalue weighted by molar-refractivity contribution is 5.97. The lowest BCUT2D eigenvalue weighted by atomic mass is 10.1. The molecule has 0 atom stereocenters. The molecule has 0 aliphatic heterocycles. The van der Waals surface area contributed by atoms with Crippen LogP contribution in [0, 0.1) is 0 Å². The number of aromatic carboxylic acids is 1. The number of carboxylic acids is 1. The van der Waals surface area contributed by atoms with E-state index in [2.05, 4.69) is 5.10 Å². The van der Waals surface area contributed by atoms with Crippen molar-refractivity contribution in [3.8, 4) is 0 Å². The molecule has 104 valence electrons. The number of carboxylic acid groups (broad SMARTS) is 1. The third kappa shape index (κ3) is 3.03. The quantitative estimate of drug-likeness (QED) is 0.913. The van der Waals surface area contributed by atoms with Crippen LogP contribution in [-0.4, -0.2) is 38.7 Å². The van der Waals surface area contributed by atoms with Crippen molar-refractivity contribution < 1.29 is 14.7 Å². The topological polar surface area (TPSA) is 75.4 Å². The van der Waals surface area contributed by atoms with Gasteiger partial charge in [0.2, 0.25) is 0 Å². The molecule has 0 saturated carbocycles. The van der Waals surface area contributed by atoms with Gasteiger partial charge in [0.05, 0.1) is 11.8 Å². The van der Waals surface area contributed by atoms with Crippen molar-refractivity contribution in [2.24, 2.45) is 7.05 Å². The van der Waals surface area contributed by atoms with Gasteiger partial charge >= 0.3 is 5.97 Å². The zero-order chi connectivity index (χ0) is 14.7. The summed E-state index contributed by atoms with van der Waals surface area (Å²) >= 11 is 0. The first-order valence-electron chi connectivity index (χ1n) is 6.03. The number of aromatic nitrogens is 2. The Kier molecular flexibility index (Phi) is 3.84. The zero-order valence-corrected chi connectivity index (χ0v) is 11.3. The van der Waals surface area contributed by atoms with E-state index in [0.717, 1.165) is 5.56 Å². The predicted octanol–water partition coefficient (Wildman–Crippen LogP) is 1.39. The first-order valence-corrected chi connectivity index (χ1v) is 6.03. The van der Waals surface area contributed by atoms with E-state index >= 15 is 0 Å². The van der Waals surface area contributed by atoms with Crippen molar-refractivity contribution in [1.82, 2.24) is 14.7 Å². The maximum atomic E-state index is 12.2. The molecule has 1 N–H and O–H groups in total. The highest BCUT2D eigenvalue weighted by atomic mass is 16.4. The van der Waals surface area contributed by atoms with Crippen LogP contribution < -0.4 is 0 Å². The Labute approximate surface area is 116 Å². The number of hydrogen-bond acceptors (Lipinski definition) is 3. The van der Waals surface area contributed by atoms with E-state index in [9.17, 15) is 9.59 Å². The van der Waals surface area contributed by atoms with Gasteiger partial charge in [0.1, 0.15) is 0 Å². The Bertz CT molecular complexity index is 649. The Morgan fingerprint density at radius 3 is 2.65 bits per heavy atom. The van der Waals surface area contributed by atoms with Crippen molar-refractivity contribution >= 4 is 11.9 Å². The molecule has 0 spiro atoms. The van der Waals surface area contributed by atoms with Crippen molar-refractivity contribution in [1.29, 1.82) is 0 Å². The molecule has 2 aromatic rings. The molecule has 6 heteroatoms. The van der Waals surface area contributed by atoms with Crippen LogP contribution in [0.2, 0.25) is 0 Å². The molecule has 6 nitrogen and oxygen atoms in total. The first-order chi connectivity index (χ1) is 9.47. The van der Waals surface area contributed by atoms with Crippen molar-refractivity contribution in [2.45, 2.75) is 6.54 Å². The molecule has 20 heavy (non-hydrogen) atoms. The van der Waals surface area contributed by atoms with Crippen LogP contribution in [-0.2, 0) is 13.6 Å². The average molecular weight is 273 g/mol. The monoisotopic (exact) mass is 273 g/mol. The minimum Gasteiger partial charge on any atom is -0.478 e.